The monoisotopic (exact) mass is 703 g/mol. The maximum absolute atomic E-state index is 13.0. The highest BCUT2D eigenvalue weighted by atomic mass is 79.9. The first-order valence-corrected chi connectivity index (χ1v) is 19.0. The third-order valence-corrected chi connectivity index (χ3v) is 8.97. The average Bonchev–Trinajstić information content (AvgIpc) is 3.43. The van der Waals surface area contributed by atoms with Crippen LogP contribution in [0.1, 0.15) is 23.9 Å². The van der Waals surface area contributed by atoms with Crippen LogP contribution in [0, 0.1) is 0 Å². The summed E-state index contributed by atoms with van der Waals surface area (Å²) < 4.78 is 23.6. The second kappa shape index (κ2) is 17.7. The number of halogens is 1. The van der Waals surface area contributed by atoms with Crippen LogP contribution in [0.25, 0.3) is 11.3 Å². The minimum atomic E-state index is -1.32. The molecule has 0 spiro atoms. The maximum atomic E-state index is 13.0. The van der Waals surface area contributed by atoms with Crippen LogP contribution in [0.5, 0.6) is 0 Å². The fraction of sp³-hybridized carbons (Fsp3) is 0.419. The fourth-order valence-corrected chi connectivity index (χ4v) is 5.44. The van der Waals surface area contributed by atoms with Gasteiger partial charge >= 0.3 is 18.2 Å². The lowest BCUT2D eigenvalue weighted by Crippen LogP contribution is -2.38. The number of methoxy groups -OCH3 is 2. The highest BCUT2D eigenvalue weighted by Gasteiger charge is 2.24. The number of ether oxygens (including phenoxy) is 4. The predicted octanol–water partition coefficient (Wildman–Crippen LogP) is 5.92. The molecule has 2 amide bonds. The number of rotatable bonds is 16. The van der Waals surface area contributed by atoms with Gasteiger partial charge in [0.15, 0.2) is 0 Å². The van der Waals surface area contributed by atoms with Gasteiger partial charge in [-0.3, -0.25) is 10.1 Å². The topological polar surface area (TPSA) is 142 Å². The molecule has 0 unspecified atom stereocenters. The number of nitrogens with one attached hydrogen (secondary N) is 3. The van der Waals surface area contributed by atoms with E-state index in [4.69, 9.17) is 19.2 Å². The lowest BCUT2D eigenvalue weighted by Gasteiger charge is -2.21. The van der Waals surface area contributed by atoms with Crippen molar-refractivity contribution in [1.29, 1.82) is 0 Å². The van der Waals surface area contributed by atoms with Gasteiger partial charge in [0.1, 0.15) is 25.2 Å². The third kappa shape index (κ3) is 12.3. The second-order valence-corrected chi connectivity index (χ2v) is 17.9. The molecular weight excluding hydrogens is 662 g/mol. The van der Waals surface area contributed by atoms with E-state index in [9.17, 15) is 14.4 Å². The van der Waals surface area contributed by atoms with E-state index in [1.165, 1.54) is 14.2 Å². The zero-order chi connectivity index (χ0) is 32.8. The highest BCUT2D eigenvalue weighted by molar-refractivity contribution is 9.10. The summed E-state index contributed by atoms with van der Waals surface area (Å²) in [5.41, 5.74) is 2.78. The van der Waals surface area contributed by atoms with Crippen molar-refractivity contribution in [2.24, 2.45) is 0 Å². The van der Waals surface area contributed by atoms with E-state index < -0.39 is 26.3 Å². The van der Waals surface area contributed by atoms with Crippen molar-refractivity contribution < 1.29 is 33.3 Å². The normalized spacial score (nSPS) is 11.9. The minimum absolute atomic E-state index is 0.105. The second-order valence-electron chi connectivity index (χ2n) is 11.4. The molecule has 3 aromatic rings. The van der Waals surface area contributed by atoms with Crippen molar-refractivity contribution in [3.8, 4) is 11.3 Å². The highest BCUT2D eigenvalue weighted by Crippen LogP contribution is 2.31. The number of aromatic nitrogens is 2. The van der Waals surface area contributed by atoms with Crippen LogP contribution in [-0.4, -0.2) is 69.7 Å². The largest absolute Gasteiger partial charge is 0.469 e. The van der Waals surface area contributed by atoms with E-state index in [1.54, 1.807) is 12.1 Å². The summed E-state index contributed by atoms with van der Waals surface area (Å²) >= 11 is 3.59. The van der Waals surface area contributed by atoms with Gasteiger partial charge in [-0.1, -0.05) is 65.9 Å². The molecule has 1 atom stereocenters. The molecule has 2 aromatic carbocycles. The van der Waals surface area contributed by atoms with Crippen molar-refractivity contribution >= 4 is 47.8 Å². The number of carbonyl (C=O) groups is 3. The molecule has 244 valence electrons. The van der Waals surface area contributed by atoms with Crippen LogP contribution in [0.2, 0.25) is 25.7 Å². The summed E-state index contributed by atoms with van der Waals surface area (Å²) in [6.07, 6.45) is 0.828. The summed E-state index contributed by atoms with van der Waals surface area (Å²) in [5, 5.41) is 8.79. The lowest BCUT2D eigenvalue weighted by atomic mass is 10.1. The molecule has 0 fully saturated rings. The van der Waals surface area contributed by atoms with Crippen LogP contribution in [0.15, 0.2) is 59.2 Å². The Morgan fingerprint density at radius 1 is 1.02 bits per heavy atom. The number of carbonyl (C=O) groups excluding carboxylic acids is 3. The number of amides is 2. The van der Waals surface area contributed by atoms with Gasteiger partial charge in [0.05, 0.1) is 26.3 Å². The SMILES string of the molecule is COC(=O)CCNC[C@H](NC(=O)OCc1ccccc1)c1nc(-c2ccc(NC(=O)OC)cc2Br)cn1COCC[Si](C)(C)C. The van der Waals surface area contributed by atoms with Gasteiger partial charge in [0, 0.05) is 49.7 Å². The molecule has 1 aromatic heterocycles. The summed E-state index contributed by atoms with van der Waals surface area (Å²) in [5.74, 6) is 0.188. The van der Waals surface area contributed by atoms with Crippen molar-refractivity contribution in [3.63, 3.8) is 0 Å². The number of anilines is 1. The Kier molecular flexibility index (Phi) is 14.0. The molecule has 1 heterocycles. The molecule has 0 radical (unpaired) electrons. The fourth-order valence-electron chi connectivity index (χ4n) is 4.11. The summed E-state index contributed by atoms with van der Waals surface area (Å²) in [7, 11) is 1.32. The molecular formula is C31H42BrN5O7Si. The van der Waals surface area contributed by atoms with E-state index in [-0.39, 0.29) is 32.3 Å². The standard InChI is InChI=1S/C31H42BrN5O7Si/c1-41-28(38)13-14-33-18-26(36-31(40)44-20-22-9-7-6-8-10-22)29-35-27(19-37(29)21-43-15-16-45(3,4)5)24-12-11-23(17-25(24)32)34-30(39)42-2/h6-12,17,19,26,33H,13-16,18,20-21H2,1-5H3,(H,34,39)(H,36,40)/t26-/m0/s1. The molecule has 12 nitrogen and oxygen atoms in total. The van der Waals surface area contributed by atoms with Crippen LogP contribution >= 0.6 is 15.9 Å². The van der Waals surface area contributed by atoms with Crippen molar-refractivity contribution in [3.05, 3.63) is 70.6 Å². The van der Waals surface area contributed by atoms with Crippen LogP contribution in [-0.2, 0) is 37.1 Å². The minimum Gasteiger partial charge on any atom is -0.469 e. The zero-order valence-electron chi connectivity index (χ0n) is 26.4. The van der Waals surface area contributed by atoms with E-state index in [2.05, 4.69) is 56.3 Å². The van der Waals surface area contributed by atoms with Gasteiger partial charge in [-0.2, -0.15) is 0 Å². The summed E-state index contributed by atoms with van der Waals surface area (Å²) in [6, 6.07) is 15.1. The number of nitrogens with zero attached hydrogens (tertiary/aromatic N) is 2. The molecule has 0 aliphatic carbocycles. The van der Waals surface area contributed by atoms with Gasteiger partial charge in [0.25, 0.3) is 0 Å². The number of imidazole rings is 1. The Morgan fingerprint density at radius 3 is 2.44 bits per heavy atom. The van der Waals surface area contributed by atoms with Crippen molar-refractivity contribution in [2.75, 3.05) is 39.2 Å². The Morgan fingerprint density at radius 2 is 1.78 bits per heavy atom. The van der Waals surface area contributed by atoms with E-state index in [0.29, 0.717) is 34.8 Å². The Balaban J connectivity index is 1.90. The van der Waals surface area contributed by atoms with Gasteiger partial charge in [-0.15, -0.1) is 0 Å². The lowest BCUT2D eigenvalue weighted by molar-refractivity contribution is -0.140. The number of esters is 1. The Hall–Kier alpha value is -3.72. The first-order valence-electron chi connectivity index (χ1n) is 14.5. The van der Waals surface area contributed by atoms with Gasteiger partial charge in [-0.25, -0.2) is 14.6 Å². The smallest absolute Gasteiger partial charge is 0.411 e. The summed E-state index contributed by atoms with van der Waals surface area (Å²) in [4.78, 5) is 41.3. The number of hydrogen-bond acceptors (Lipinski definition) is 9. The predicted molar refractivity (Wildman–Crippen MR) is 178 cm³/mol. The maximum Gasteiger partial charge on any atom is 0.411 e. The molecule has 3 N–H and O–H groups in total. The van der Waals surface area contributed by atoms with E-state index >= 15 is 0 Å². The molecule has 14 heteroatoms. The van der Waals surface area contributed by atoms with E-state index in [0.717, 1.165) is 17.2 Å². The Labute approximate surface area is 273 Å². The molecule has 3 rings (SSSR count). The molecule has 0 aliphatic heterocycles. The quantitative estimate of drug-likeness (QED) is 0.0717. The zero-order valence-corrected chi connectivity index (χ0v) is 28.9. The third-order valence-electron chi connectivity index (χ3n) is 6.61. The van der Waals surface area contributed by atoms with Crippen LogP contribution < -0.4 is 16.0 Å². The van der Waals surface area contributed by atoms with Gasteiger partial charge in [-0.05, 0) is 29.8 Å². The first kappa shape index (κ1) is 35.8. The number of benzene rings is 2. The molecule has 45 heavy (non-hydrogen) atoms. The average molecular weight is 705 g/mol. The van der Waals surface area contributed by atoms with E-state index in [1.807, 2.05) is 47.2 Å². The Bertz CT molecular complexity index is 1420. The number of hydrogen-bond donors (Lipinski definition) is 3. The van der Waals surface area contributed by atoms with Gasteiger partial charge < -0.3 is 34.1 Å². The molecule has 0 saturated heterocycles. The van der Waals surface area contributed by atoms with Crippen LogP contribution in [0.3, 0.4) is 0 Å². The molecule has 0 bridgehead atoms. The molecule has 0 saturated carbocycles. The molecule has 0 aliphatic rings. The van der Waals surface area contributed by atoms with Crippen molar-refractivity contribution in [2.45, 2.75) is 51.5 Å². The number of alkyl carbamates (subject to hydrolysis) is 1. The van der Waals surface area contributed by atoms with Crippen LogP contribution in [0.4, 0.5) is 15.3 Å². The van der Waals surface area contributed by atoms with Crippen molar-refractivity contribution in [1.82, 2.24) is 20.2 Å². The first-order chi connectivity index (χ1) is 21.5. The van der Waals surface area contributed by atoms with Gasteiger partial charge in [0.2, 0.25) is 0 Å². The summed E-state index contributed by atoms with van der Waals surface area (Å²) in [6.45, 7) is 8.36.